The van der Waals surface area contributed by atoms with Crippen molar-refractivity contribution < 1.29 is 27.8 Å². The van der Waals surface area contributed by atoms with E-state index >= 15 is 0 Å². The molecule has 3 saturated heterocycles. The molecule has 1 saturated carbocycles. The van der Waals surface area contributed by atoms with Gasteiger partial charge in [0.05, 0.1) is 13.1 Å². The highest BCUT2D eigenvalue weighted by atomic mass is 19.3. The summed E-state index contributed by atoms with van der Waals surface area (Å²) in [6.07, 6.45) is 3.50. The quantitative estimate of drug-likeness (QED) is 0.671. The maximum atomic E-state index is 13.0. The predicted octanol–water partition coefficient (Wildman–Crippen LogP) is 2.48. The second kappa shape index (κ2) is 7.32. The van der Waals surface area contributed by atoms with Crippen LogP contribution in [0.3, 0.4) is 0 Å². The maximum Gasteiger partial charge on any atom is 0.249 e. The second-order valence-corrected chi connectivity index (χ2v) is 8.47. The van der Waals surface area contributed by atoms with Crippen LogP contribution >= 0.6 is 0 Å². The molecule has 26 heavy (non-hydrogen) atoms. The lowest BCUT2D eigenvalue weighted by Gasteiger charge is -2.52. The van der Waals surface area contributed by atoms with Crippen molar-refractivity contribution in [3.63, 3.8) is 0 Å². The number of rotatable bonds is 6. The molecule has 148 valence electrons. The molecule has 1 amide bonds. The third-order valence-electron chi connectivity index (χ3n) is 6.57. The Labute approximate surface area is 153 Å². The Morgan fingerprint density at radius 1 is 1.12 bits per heavy atom. The van der Waals surface area contributed by atoms with Gasteiger partial charge >= 0.3 is 0 Å². The molecule has 1 spiro atoms. The molecular formula is C19H29F2NO4. The van der Waals surface area contributed by atoms with E-state index in [1.165, 1.54) is 0 Å². The molecule has 0 unspecified atom stereocenters. The SMILES string of the molecule is O=C(C1CC(F)(F)C1)N1CC2(C1)OCC[C@@H]2CCOCC1CCOCC1. The lowest BCUT2D eigenvalue weighted by Crippen LogP contribution is -2.67. The van der Waals surface area contributed by atoms with Gasteiger partial charge in [-0.2, -0.15) is 0 Å². The fourth-order valence-corrected chi connectivity index (χ4v) is 4.78. The zero-order chi connectivity index (χ0) is 18.2. The van der Waals surface area contributed by atoms with Gasteiger partial charge in [0, 0.05) is 51.8 Å². The zero-order valence-electron chi connectivity index (χ0n) is 15.3. The van der Waals surface area contributed by atoms with Crippen molar-refractivity contribution in [2.45, 2.75) is 50.0 Å². The van der Waals surface area contributed by atoms with Crippen molar-refractivity contribution >= 4 is 5.91 Å². The number of hydrogen-bond acceptors (Lipinski definition) is 4. The molecule has 0 aromatic heterocycles. The molecular weight excluding hydrogens is 344 g/mol. The number of hydrogen-bond donors (Lipinski definition) is 0. The van der Waals surface area contributed by atoms with E-state index in [1.54, 1.807) is 4.90 Å². The summed E-state index contributed by atoms with van der Waals surface area (Å²) < 4.78 is 43.2. The Hall–Kier alpha value is -0.790. The smallest absolute Gasteiger partial charge is 0.249 e. The van der Waals surface area contributed by atoms with Gasteiger partial charge in [-0.15, -0.1) is 0 Å². The second-order valence-electron chi connectivity index (χ2n) is 8.47. The summed E-state index contributed by atoms with van der Waals surface area (Å²) in [7, 11) is 0. The van der Waals surface area contributed by atoms with Crippen LogP contribution in [0.5, 0.6) is 0 Å². The van der Waals surface area contributed by atoms with E-state index in [0.29, 0.717) is 31.5 Å². The van der Waals surface area contributed by atoms with Crippen molar-refractivity contribution in [3.8, 4) is 0 Å². The van der Waals surface area contributed by atoms with Gasteiger partial charge in [0.15, 0.2) is 0 Å². The molecule has 1 atom stereocenters. The third-order valence-corrected chi connectivity index (χ3v) is 6.57. The standard InChI is InChI=1S/C19H29F2NO4/c20-19(21)9-15(10-19)17(23)22-12-18(13-22)16(4-8-26-18)3-7-25-11-14-1-5-24-6-2-14/h14-16H,1-13H2/t16-/m0/s1. The van der Waals surface area contributed by atoms with Gasteiger partial charge in [0.25, 0.3) is 0 Å². The number of nitrogens with zero attached hydrogens (tertiary/aromatic N) is 1. The minimum absolute atomic E-state index is 0.119. The van der Waals surface area contributed by atoms with Crippen LogP contribution in [0.15, 0.2) is 0 Å². The molecule has 4 fully saturated rings. The minimum Gasteiger partial charge on any atom is -0.381 e. The highest BCUT2D eigenvalue weighted by Crippen LogP contribution is 2.47. The Morgan fingerprint density at radius 3 is 2.54 bits per heavy atom. The first-order valence-corrected chi connectivity index (χ1v) is 9.93. The number of carbonyl (C=O) groups is 1. The average Bonchev–Trinajstić information content (AvgIpc) is 2.99. The number of alkyl halides is 2. The fraction of sp³-hybridized carbons (Fsp3) is 0.947. The summed E-state index contributed by atoms with van der Waals surface area (Å²) in [5.41, 5.74) is -0.260. The van der Waals surface area contributed by atoms with Crippen LogP contribution in [-0.4, -0.2) is 68.5 Å². The molecule has 0 aromatic rings. The number of carbonyl (C=O) groups excluding carboxylic acids is 1. The Bertz CT molecular complexity index is 510. The number of ether oxygens (including phenoxy) is 3. The van der Waals surface area contributed by atoms with Crippen molar-refractivity contribution in [3.05, 3.63) is 0 Å². The topological polar surface area (TPSA) is 48.0 Å². The predicted molar refractivity (Wildman–Crippen MR) is 90.0 cm³/mol. The first-order valence-electron chi connectivity index (χ1n) is 9.93. The summed E-state index contributed by atoms with van der Waals surface area (Å²) in [4.78, 5) is 14.0. The normalized spacial score (nSPS) is 31.0. The Morgan fingerprint density at radius 2 is 1.85 bits per heavy atom. The van der Waals surface area contributed by atoms with Crippen LogP contribution in [0, 0.1) is 17.8 Å². The first kappa shape index (κ1) is 18.6. The number of likely N-dealkylation sites (tertiary alicyclic amines) is 1. The third kappa shape index (κ3) is 3.76. The van der Waals surface area contributed by atoms with E-state index in [1.807, 2.05) is 0 Å². The molecule has 1 aliphatic carbocycles. The van der Waals surface area contributed by atoms with Gasteiger partial charge in [0.1, 0.15) is 5.60 Å². The van der Waals surface area contributed by atoms with E-state index in [4.69, 9.17) is 14.2 Å². The van der Waals surface area contributed by atoms with Crippen LogP contribution in [-0.2, 0) is 19.0 Å². The molecule has 3 heterocycles. The first-order chi connectivity index (χ1) is 12.5. The Kier molecular flexibility index (Phi) is 5.23. The summed E-state index contributed by atoms with van der Waals surface area (Å²) in [5.74, 6) is -2.26. The molecule has 4 aliphatic rings. The van der Waals surface area contributed by atoms with E-state index in [-0.39, 0.29) is 24.3 Å². The average molecular weight is 373 g/mol. The van der Waals surface area contributed by atoms with Gasteiger partial charge in [-0.1, -0.05) is 0 Å². The highest BCUT2D eigenvalue weighted by Gasteiger charge is 2.57. The molecule has 5 nitrogen and oxygen atoms in total. The lowest BCUT2D eigenvalue weighted by molar-refractivity contribution is -0.185. The van der Waals surface area contributed by atoms with E-state index in [2.05, 4.69) is 0 Å². The molecule has 0 bridgehead atoms. The van der Waals surface area contributed by atoms with Crippen molar-refractivity contribution in [1.29, 1.82) is 0 Å². The summed E-state index contributed by atoms with van der Waals surface area (Å²) >= 11 is 0. The summed E-state index contributed by atoms with van der Waals surface area (Å²) in [6, 6.07) is 0. The summed E-state index contributed by atoms with van der Waals surface area (Å²) in [6.45, 7) is 5.01. The van der Waals surface area contributed by atoms with Crippen molar-refractivity contribution in [2.75, 3.05) is 46.1 Å². The van der Waals surface area contributed by atoms with Crippen LogP contribution in [0.25, 0.3) is 0 Å². The molecule has 0 aromatic carbocycles. The molecule has 7 heteroatoms. The van der Waals surface area contributed by atoms with Crippen LogP contribution in [0.2, 0.25) is 0 Å². The van der Waals surface area contributed by atoms with Gasteiger partial charge < -0.3 is 19.1 Å². The molecule has 0 N–H and O–H groups in total. The van der Waals surface area contributed by atoms with Crippen LogP contribution in [0.1, 0.15) is 38.5 Å². The van der Waals surface area contributed by atoms with E-state index in [9.17, 15) is 13.6 Å². The monoisotopic (exact) mass is 373 g/mol. The van der Waals surface area contributed by atoms with Gasteiger partial charge in [-0.25, -0.2) is 8.78 Å². The highest BCUT2D eigenvalue weighted by molar-refractivity contribution is 5.81. The summed E-state index contributed by atoms with van der Waals surface area (Å²) in [5, 5.41) is 0. The molecule has 3 aliphatic heterocycles. The van der Waals surface area contributed by atoms with Crippen molar-refractivity contribution in [2.24, 2.45) is 17.8 Å². The van der Waals surface area contributed by atoms with E-state index in [0.717, 1.165) is 52.1 Å². The molecule has 0 radical (unpaired) electrons. The number of amides is 1. The number of halogens is 2. The van der Waals surface area contributed by atoms with Crippen LogP contribution < -0.4 is 0 Å². The van der Waals surface area contributed by atoms with Gasteiger partial charge in [-0.3, -0.25) is 4.79 Å². The molecule has 4 rings (SSSR count). The van der Waals surface area contributed by atoms with E-state index < -0.39 is 11.8 Å². The van der Waals surface area contributed by atoms with Crippen LogP contribution in [0.4, 0.5) is 8.78 Å². The zero-order valence-corrected chi connectivity index (χ0v) is 15.3. The maximum absolute atomic E-state index is 13.0. The largest absolute Gasteiger partial charge is 0.381 e. The Balaban J connectivity index is 1.18. The van der Waals surface area contributed by atoms with Crippen molar-refractivity contribution in [1.82, 2.24) is 4.90 Å². The minimum atomic E-state index is -2.64. The van der Waals surface area contributed by atoms with Gasteiger partial charge in [-0.05, 0) is 37.5 Å². The van der Waals surface area contributed by atoms with Gasteiger partial charge in [0.2, 0.25) is 11.8 Å². The fourth-order valence-electron chi connectivity index (χ4n) is 4.78. The lowest BCUT2D eigenvalue weighted by atomic mass is 9.75.